The summed E-state index contributed by atoms with van der Waals surface area (Å²) in [5, 5.41) is 0. The van der Waals surface area contributed by atoms with Crippen LogP contribution in [-0.2, 0) is 0 Å². The normalized spacial score (nSPS) is 22.6. The topological polar surface area (TPSA) is 44.6 Å². The maximum atomic E-state index is 5.25. The van der Waals surface area contributed by atoms with Crippen LogP contribution in [0.15, 0.2) is 54.0 Å². The highest BCUT2D eigenvalue weighted by molar-refractivity contribution is 5.81. The van der Waals surface area contributed by atoms with Crippen molar-refractivity contribution in [1.82, 2.24) is 19.8 Å². The molecule has 2 atom stereocenters. The van der Waals surface area contributed by atoms with Gasteiger partial charge in [0.2, 0.25) is 0 Å². The van der Waals surface area contributed by atoms with Gasteiger partial charge >= 0.3 is 0 Å². The Kier molecular flexibility index (Phi) is 6.35. The summed E-state index contributed by atoms with van der Waals surface area (Å²) in [7, 11) is 0. The van der Waals surface area contributed by atoms with E-state index >= 15 is 0 Å². The van der Waals surface area contributed by atoms with Crippen LogP contribution in [0.5, 0.6) is 0 Å². The molecule has 2 aromatic rings. The number of piperidine rings is 2. The fourth-order valence-electron chi connectivity index (χ4n) is 4.74. The monoisotopic (exact) mass is 405 g/mol. The van der Waals surface area contributed by atoms with Gasteiger partial charge in [-0.2, -0.15) is 0 Å². The average Bonchev–Trinajstić information content (AvgIpc) is 2.78. The summed E-state index contributed by atoms with van der Waals surface area (Å²) in [5.41, 5.74) is 2.60. The van der Waals surface area contributed by atoms with Crippen molar-refractivity contribution >= 4 is 5.96 Å². The lowest BCUT2D eigenvalue weighted by Gasteiger charge is -2.43. The number of aliphatic imine (C=N–C) groups is 1. The van der Waals surface area contributed by atoms with Gasteiger partial charge in [-0.05, 0) is 69.7 Å². The smallest absolute Gasteiger partial charge is 0.197 e. The highest BCUT2D eigenvalue weighted by Crippen LogP contribution is 2.31. The molecular weight excluding hydrogens is 370 g/mol. The van der Waals surface area contributed by atoms with Crippen LogP contribution in [0.3, 0.4) is 0 Å². The van der Waals surface area contributed by atoms with Gasteiger partial charge in [-0.15, -0.1) is 0 Å². The van der Waals surface area contributed by atoms with Crippen molar-refractivity contribution in [2.75, 3.05) is 26.2 Å². The molecule has 4 rings (SSSR count). The fraction of sp³-hybridized carbons (Fsp3) is 0.560. The van der Waals surface area contributed by atoms with Gasteiger partial charge in [0, 0.05) is 62.8 Å². The van der Waals surface area contributed by atoms with E-state index in [0.717, 1.165) is 26.2 Å². The Morgan fingerprint density at radius 2 is 1.37 bits per heavy atom. The molecule has 5 heteroatoms. The van der Waals surface area contributed by atoms with Gasteiger partial charge in [0.1, 0.15) is 0 Å². The molecule has 2 unspecified atom stereocenters. The van der Waals surface area contributed by atoms with E-state index in [0.29, 0.717) is 11.8 Å². The quantitative estimate of drug-likeness (QED) is 0.537. The molecule has 0 radical (unpaired) electrons. The summed E-state index contributed by atoms with van der Waals surface area (Å²) >= 11 is 0. The number of hydrogen-bond donors (Lipinski definition) is 0. The molecule has 30 heavy (non-hydrogen) atoms. The summed E-state index contributed by atoms with van der Waals surface area (Å²) in [6, 6.07) is 8.56. The number of guanidine groups is 1. The lowest BCUT2D eigenvalue weighted by atomic mass is 9.90. The van der Waals surface area contributed by atoms with E-state index in [9.17, 15) is 0 Å². The van der Waals surface area contributed by atoms with Gasteiger partial charge in [-0.3, -0.25) is 9.97 Å². The SMILES string of the molecule is CC(C)(C)N=C(N1CCCC(c2cccnc2)C1)N1CCCC(c2cccnc2)C1. The Morgan fingerprint density at radius 1 is 0.867 bits per heavy atom. The van der Waals surface area contributed by atoms with E-state index in [1.54, 1.807) is 0 Å². The van der Waals surface area contributed by atoms with E-state index in [-0.39, 0.29) is 5.54 Å². The summed E-state index contributed by atoms with van der Waals surface area (Å²) in [6.07, 6.45) is 12.6. The first kappa shape index (κ1) is 20.8. The molecule has 5 nitrogen and oxygen atoms in total. The van der Waals surface area contributed by atoms with Gasteiger partial charge in [-0.1, -0.05) is 12.1 Å². The molecule has 2 aromatic heterocycles. The lowest BCUT2D eigenvalue weighted by Crippen LogP contribution is -2.51. The maximum Gasteiger partial charge on any atom is 0.197 e. The third-order valence-electron chi connectivity index (χ3n) is 6.16. The van der Waals surface area contributed by atoms with Crippen molar-refractivity contribution in [3.05, 3.63) is 60.2 Å². The van der Waals surface area contributed by atoms with Gasteiger partial charge in [0.15, 0.2) is 5.96 Å². The number of hydrogen-bond acceptors (Lipinski definition) is 3. The fourth-order valence-corrected chi connectivity index (χ4v) is 4.74. The highest BCUT2D eigenvalue weighted by atomic mass is 15.4. The van der Waals surface area contributed by atoms with Crippen molar-refractivity contribution < 1.29 is 0 Å². The van der Waals surface area contributed by atoms with Crippen molar-refractivity contribution in [2.45, 2.75) is 63.8 Å². The van der Waals surface area contributed by atoms with Crippen molar-refractivity contribution in [3.63, 3.8) is 0 Å². The van der Waals surface area contributed by atoms with Crippen LogP contribution in [0.2, 0.25) is 0 Å². The van der Waals surface area contributed by atoms with Crippen molar-refractivity contribution in [2.24, 2.45) is 4.99 Å². The average molecular weight is 406 g/mol. The molecule has 2 aliphatic heterocycles. The first-order valence-electron chi connectivity index (χ1n) is 11.4. The molecule has 0 N–H and O–H groups in total. The Hall–Kier alpha value is -2.43. The molecule has 0 aromatic carbocycles. The molecule has 160 valence electrons. The largest absolute Gasteiger partial charge is 0.342 e. The standard InChI is InChI=1S/C25H35N5/c1-25(2,3)28-24(29-14-6-10-22(18-29)20-8-4-12-26-16-20)30-15-7-11-23(19-30)21-9-5-13-27-17-21/h4-5,8-9,12-13,16-17,22-23H,6-7,10-11,14-15,18-19H2,1-3H3. The number of nitrogens with zero attached hydrogens (tertiary/aromatic N) is 5. The Labute approximate surface area is 181 Å². The van der Waals surface area contributed by atoms with Crippen LogP contribution in [-0.4, -0.2) is 57.4 Å². The maximum absolute atomic E-state index is 5.25. The second-order valence-electron chi connectivity index (χ2n) is 9.73. The summed E-state index contributed by atoms with van der Waals surface area (Å²) in [4.78, 5) is 19.0. The van der Waals surface area contributed by atoms with Crippen LogP contribution in [0.25, 0.3) is 0 Å². The Morgan fingerprint density at radius 3 is 1.77 bits per heavy atom. The zero-order valence-electron chi connectivity index (χ0n) is 18.7. The predicted molar refractivity (Wildman–Crippen MR) is 123 cm³/mol. The zero-order valence-corrected chi connectivity index (χ0v) is 18.7. The Balaban J connectivity index is 1.56. The summed E-state index contributed by atoms with van der Waals surface area (Å²) < 4.78 is 0. The summed E-state index contributed by atoms with van der Waals surface area (Å²) in [5.74, 6) is 2.23. The second-order valence-corrected chi connectivity index (χ2v) is 9.73. The molecule has 0 spiro atoms. The van der Waals surface area contributed by atoms with E-state index < -0.39 is 0 Å². The van der Waals surface area contributed by atoms with Crippen LogP contribution in [0.4, 0.5) is 0 Å². The third-order valence-corrected chi connectivity index (χ3v) is 6.16. The van der Waals surface area contributed by atoms with Crippen LogP contribution in [0.1, 0.15) is 69.4 Å². The third kappa shape index (κ3) is 5.18. The van der Waals surface area contributed by atoms with Crippen LogP contribution in [0, 0.1) is 0 Å². The van der Waals surface area contributed by atoms with Gasteiger partial charge in [0.05, 0.1) is 5.54 Å². The molecule has 2 fully saturated rings. The minimum atomic E-state index is -0.0994. The predicted octanol–water partition coefficient (Wildman–Crippen LogP) is 4.69. The van der Waals surface area contributed by atoms with Gasteiger partial charge < -0.3 is 9.80 Å². The molecule has 2 saturated heterocycles. The van der Waals surface area contributed by atoms with Gasteiger partial charge in [0.25, 0.3) is 0 Å². The molecule has 0 aliphatic carbocycles. The molecule has 0 bridgehead atoms. The van der Waals surface area contributed by atoms with E-state index in [1.165, 1.54) is 42.8 Å². The minimum absolute atomic E-state index is 0.0994. The number of pyridine rings is 2. The van der Waals surface area contributed by atoms with E-state index in [4.69, 9.17) is 4.99 Å². The molecular formula is C25H35N5. The second kappa shape index (κ2) is 9.15. The van der Waals surface area contributed by atoms with E-state index in [1.807, 2.05) is 24.8 Å². The summed E-state index contributed by atoms with van der Waals surface area (Å²) in [6.45, 7) is 10.8. The van der Waals surface area contributed by atoms with E-state index in [2.05, 4.69) is 64.8 Å². The van der Waals surface area contributed by atoms with Crippen molar-refractivity contribution in [3.8, 4) is 0 Å². The van der Waals surface area contributed by atoms with Crippen LogP contribution < -0.4 is 0 Å². The molecule has 0 amide bonds. The number of aromatic nitrogens is 2. The minimum Gasteiger partial charge on any atom is -0.342 e. The molecule has 4 heterocycles. The first-order valence-corrected chi connectivity index (χ1v) is 11.4. The molecule has 0 saturated carbocycles. The lowest BCUT2D eigenvalue weighted by molar-refractivity contribution is 0.228. The number of rotatable bonds is 2. The zero-order chi connectivity index (χ0) is 21.0. The Bertz CT molecular complexity index is 766. The van der Waals surface area contributed by atoms with Gasteiger partial charge in [-0.25, -0.2) is 4.99 Å². The number of likely N-dealkylation sites (tertiary alicyclic amines) is 2. The van der Waals surface area contributed by atoms with Crippen LogP contribution >= 0.6 is 0 Å². The highest BCUT2D eigenvalue weighted by Gasteiger charge is 2.31. The van der Waals surface area contributed by atoms with Crippen molar-refractivity contribution in [1.29, 1.82) is 0 Å². The first-order chi connectivity index (χ1) is 14.5. The molecule has 2 aliphatic rings.